The molecule has 0 aliphatic heterocycles. The van der Waals surface area contributed by atoms with Gasteiger partial charge in [0.15, 0.2) is 0 Å². The smallest absolute Gasteiger partial charge is 0.243 e. The Morgan fingerprint density at radius 2 is 1.64 bits per heavy atom. The van der Waals surface area contributed by atoms with Crippen LogP contribution >= 0.6 is 27.5 Å². The van der Waals surface area contributed by atoms with Gasteiger partial charge in [-0.25, -0.2) is 8.42 Å². The van der Waals surface area contributed by atoms with Crippen LogP contribution in [0.2, 0.25) is 5.02 Å². The van der Waals surface area contributed by atoms with Crippen molar-refractivity contribution in [3.63, 3.8) is 0 Å². The molecule has 0 radical (unpaired) electrons. The van der Waals surface area contributed by atoms with E-state index in [0.29, 0.717) is 11.6 Å². The highest BCUT2D eigenvalue weighted by Crippen LogP contribution is 2.21. The number of nitrogens with one attached hydrogen (secondary N) is 1. The molecular weight excluding hydrogens is 464 g/mol. The van der Waals surface area contributed by atoms with Crippen molar-refractivity contribution in [1.29, 1.82) is 0 Å². The first-order valence-corrected chi connectivity index (χ1v) is 11.4. The average molecular weight is 488 g/mol. The summed E-state index contributed by atoms with van der Waals surface area (Å²) in [6, 6.07) is 13.2. The van der Waals surface area contributed by atoms with E-state index >= 15 is 0 Å². The van der Waals surface area contributed by atoms with Crippen molar-refractivity contribution in [2.75, 3.05) is 13.1 Å². The van der Waals surface area contributed by atoms with Gasteiger partial charge >= 0.3 is 0 Å². The van der Waals surface area contributed by atoms with E-state index < -0.39 is 10.0 Å². The number of halogens is 2. The lowest BCUT2D eigenvalue weighted by atomic mass is 9.97. The molecule has 152 valence electrons. The number of hydrogen-bond acceptors (Lipinski definition) is 3. The Hall–Kier alpha value is -1.41. The molecule has 0 atom stereocenters. The summed E-state index contributed by atoms with van der Waals surface area (Å²) in [5.41, 5.74) is 0.686. The van der Waals surface area contributed by atoms with Crippen molar-refractivity contribution in [1.82, 2.24) is 9.62 Å². The number of rotatable bonds is 7. The van der Waals surface area contributed by atoms with Gasteiger partial charge in [-0.1, -0.05) is 60.4 Å². The van der Waals surface area contributed by atoms with Gasteiger partial charge in [0, 0.05) is 22.6 Å². The third kappa shape index (κ3) is 6.88. The largest absolute Gasteiger partial charge is 0.354 e. The van der Waals surface area contributed by atoms with Crippen molar-refractivity contribution in [3.8, 4) is 0 Å². The molecule has 5 nitrogen and oxygen atoms in total. The van der Waals surface area contributed by atoms with E-state index in [1.165, 1.54) is 28.6 Å². The molecule has 0 heterocycles. The minimum Gasteiger partial charge on any atom is -0.354 e. The highest BCUT2D eigenvalue weighted by atomic mass is 79.9. The first-order chi connectivity index (χ1) is 13.0. The molecular formula is C20H24BrClN2O3S. The molecule has 8 heteroatoms. The van der Waals surface area contributed by atoms with Gasteiger partial charge in [-0.3, -0.25) is 4.79 Å². The fraction of sp³-hybridized carbons (Fsp3) is 0.350. The summed E-state index contributed by atoms with van der Waals surface area (Å²) in [7, 11) is -3.87. The van der Waals surface area contributed by atoms with E-state index in [0.717, 1.165) is 10.0 Å². The highest BCUT2D eigenvalue weighted by Gasteiger charge is 2.27. The molecule has 0 unspecified atom stereocenters. The first-order valence-electron chi connectivity index (χ1n) is 8.74. The van der Waals surface area contributed by atoms with Gasteiger partial charge in [0.1, 0.15) is 0 Å². The minimum absolute atomic E-state index is 0.0845. The number of benzene rings is 2. The predicted octanol–water partition coefficient (Wildman–Crippen LogP) is 4.46. The van der Waals surface area contributed by atoms with Crippen LogP contribution in [-0.2, 0) is 21.4 Å². The van der Waals surface area contributed by atoms with Crippen molar-refractivity contribution >= 4 is 43.5 Å². The maximum Gasteiger partial charge on any atom is 0.243 e. The van der Waals surface area contributed by atoms with Crippen LogP contribution in [0.25, 0.3) is 0 Å². The van der Waals surface area contributed by atoms with E-state index in [9.17, 15) is 13.2 Å². The fourth-order valence-electron chi connectivity index (χ4n) is 2.35. The molecule has 28 heavy (non-hydrogen) atoms. The average Bonchev–Trinajstić information content (AvgIpc) is 2.61. The number of hydrogen-bond donors (Lipinski definition) is 1. The number of carbonyl (C=O) groups is 1. The van der Waals surface area contributed by atoms with E-state index in [4.69, 9.17) is 11.6 Å². The van der Waals surface area contributed by atoms with Crippen molar-refractivity contribution in [2.24, 2.45) is 5.41 Å². The Morgan fingerprint density at radius 1 is 1.07 bits per heavy atom. The lowest BCUT2D eigenvalue weighted by molar-refractivity contribution is -0.121. The molecule has 0 saturated carbocycles. The zero-order chi connectivity index (χ0) is 20.9. The van der Waals surface area contributed by atoms with Crippen molar-refractivity contribution < 1.29 is 13.2 Å². The second-order valence-electron chi connectivity index (χ2n) is 7.69. The summed E-state index contributed by atoms with van der Waals surface area (Å²) in [6.45, 7) is 6.27. The molecule has 0 fully saturated rings. The van der Waals surface area contributed by atoms with Crippen LogP contribution in [0.4, 0.5) is 0 Å². The Kier molecular flexibility index (Phi) is 7.67. The van der Waals surface area contributed by atoms with Crippen LogP contribution in [0.15, 0.2) is 57.9 Å². The molecule has 0 bridgehead atoms. The summed E-state index contributed by atoms with van der Waals surface area (Å²) in [4.78, 5) is 12.5. The summed E-state index contributed by atoms with van der Waals surface area (Å²) in [5.74, 6) is -0.343. The molecule has 0 saturated heterocycles. The molecule has 2 aromatic carbocycles. The van der Waals surface area contributed by atoms with Crippen LogP contribution in [0.5, 0.6) is 0 Å². The van der Waals surface area contributed by atoms with Gasteiger partial charge < -0.3 is 5.32 Å². The Labute approximate surface area is 180 Å². The van der Waals surface area contributed by atoms with Gasteiger partial charge in [-0.05, 0) is 47.4 Å². The number of nitrogens with zero attached hydrogens (tertiary/aromatic N) is 1. The Bertz CT molecular complexity index is 908. The van der Waals surface area contributed by atoms with Gasteiger partial charge in [0.05, 0.1) is 11.4 Å². The van der Waals surface area contributed by atoms with Gasteiger partial charge in [0.25, 0.3) is 0 Å². The third-order valence-corrected chi connectivity index (χ3v) is 6.45. The highest BCUT2D eigenvalue weighted by molar-refractivity contribution is 9.10. The molecule has 2 aromatic rings. The van der Waals surface area contributed by atoms with Crippen LogP contribution < -0.4 is 5.32 Å². The van der Waals surface area contributed by atoms with E-state index in [1.54, 1.807) is 0 Å². The van der Waals surface area contributed by atoms with Crippen molar-refractivity contribution in [2.45, 2.75) is 32.2 Å². The lowest BCUT2D eigenvalue weighted by Gasteiger charge is -2.24. The monoisotopic (exact) mass is 486 g/mol. The van der Waals surface area contributed by atoms with Crippen LogP contribution in [0, 0.1) is 5.41 Å². The molecule has 1 N–H and O–H groups in total. The summed E-state index contributed by atoms with van der Waals surface area (Å²) >= 11 is 9.24. The Morgan fingerprint density at radius 3 is 2.18 bits per heavy atom. The van der Waals surface area contributed by atoms with Crippen LogP contribution in [0.3, 0.4) is 0 Å². The molecule has 0 aliphatic rings. The number of amides is 1. The second kappa shape index (κ2) is 9.39. The Balaban J connectivity index is 2.28. The standard InChI is InChI=1S/C20H24BrClN2O3S/c1-20(2,3)14-23-19(25)13-24(12-15-4-6-16(21)7-5-15)28(26,27)18-10-8-17(22)9-11-18/h4-11H,12-14H2,1-3H3,(H,23,25). The topological polar surface area (TPSA) is 66.5 Å². The summed E-state index contributed by atoms with van der Waals surface area (Å²) in [6.07, 6.45) is 0. The first kappa shape index (κ1) is 22.9. The maximum absolute atomic E-state index is 13.1. The van der Waals surface area contributed by atoms with Gasteiger partial charge in [-0.15, -0.1) is 0 Å². The molecule has 2 rings (SSSR count). The summed E-state index contributed by atoms with van der Waals surface area (Å²) in [5, 5.41) is 3.25. The zero-order valence-corrected chi connectivity index (χ0v) is 19.2. The lowest BCUT2D eigenvalue weighted by Crippen LogP contribution is -2.42. The SMILES string of the molecule is CC(C)(C)CNC(=O)CN(Cc1ccc(Br)cc1)S(=O)(=O)c1ccc(Cl)cc1. The molecule has 0 spiro atoms. The normalized spacial score (nSPS) is 12.2. The van der Waals surface area contributed by atoms with Gasteiger partial charge in [-0.2, -0.15) is 4.31 Å². The van der Waals surface area contributed by atoms with Gasteiger partial charge in [0.2, 0.25) is 15.9 Å². The number of carbonyl (C=O) groups excluding carboxylic acids is 1. The second-order valence-corrected chi connectivity index (χ2v) is 11.0. The van der Waals surface area contributed by atoms with E-state index in [1.807, 2.05) is 45.0 Å². The van der Waals surface area contributed by atoms with Crippen molar-refractivity contribution in [3.05, 3.63) is 63.6 Å². The minimum atomic E-state index is -3.87. The maximum atomic E-state index is 13.1. The predicted molar refractivity (Wildman–Crippen MR) is 116 cm³/mol. The molecule has 0 aromatic heterocycles. The van der Waals surface area contributed by atoms with E-state index in [-0.39, 0.29) is 29.3 Å². The number of sulfonamides is 1. The quantitative estimate of drug-likeness (QED) is 0.627. The third-order valence-electron chi connectivity index (χ3n) is 3.86. The summed E-state index contributed by atoms with van der Waals surface area (Å²) < 4.78 is 28.4. The fourth-order valence-corrected chi connectivity index (χ4v) is 4.13. The molecule has 0 aliphatic carbocycles. The zero-order valence-electron chi connectivity index (χ0n) is 16.1. The van der Waals surface area contributed by atoms with E-state index in [2.05, 4.69) is 21.2 Å². The van der Waals surface area contributed by atoms with Crippen LogP contribution in [0.1, 0.15) is 26.3 Å². The van der Waals surface area contributed by atoms with Crippen LogP contribution in [-0.4, -0.2) is 31.7 Å². The molecule has 1 amide bonds.